The van der Waals surface area contributed by atoms with Crippen molar-refractivity contribution in [3.05, 3.63) is 18.0 Å². The van der Waals surface area contributed by atoms with Crippen molar-refractivity contribution in [1.29, 1.82) is 0 Å². The van der Waals surface area contributed by atoms with Gasteiger partial charge in [-0.25, -0.2) is 4.98 Å². The molecule has 0 aliphatic carbocycles. The van der Waals surface area contributed by atoms with E-state index in [1.165, 1.54) is 10.7 Å². The van der Waals surface area contributed by atoms with Gasteiger partial charge in [-0.15, -0.1) is 5.10 Å². The Morgan fingerprint density at radius 3 is 3.00 bits per heavy atom. The summed E-state index contributed by atoms with van der Waals surface area (Å²) in [5, 5.41) is 22.0. The Morgan fingerprint density at radius 1 is 1.54 bits per heavy atom. The molecule has 2 N–H and O–H groups in total. The van der Waals surface area contributed by atoms with Gasteiger partial charge >= 0.3 is 6.01 Å². The van der Waals surface area contributed by atoms with Gasteiger partial charge in [0.1, 0.15) is 0 Å². The molecule has 6 nitrogen and oxygen atoms in total. The van der Waals surface area contributed by atoms with Gasteiger partial charge in [0, 0.05) is 6.20 Å². The lowest BCUT2D eigenvalue weighted by atomic mass is 10.3. The smallest absolute Gasteiger partial charge is 0.335 e. The molecule has 0 aromatic carbocycles. The third-order valence-corrected chi connectivity index (χ3v) is 1.69. The number of rotatable bonds is 1. The van der Waals surface area contributed by atoms with Crippen molar-refractivity contribution in [2.75, 3.05) is 0 Å². The van der Waals surface area contributed by atoms with Crippen molar-refractivity contribution in [2.24, 2.45) is 0 Å². The van der Waals surface area contributed by atoms with Gasteiger partial charge in [-0.3, -0.25) is 0 Å². The molecule has 0 aliphatic heterocycles. The topological polar surface area (TPSA) is 83.5 Å². The average Bonchev–Trinajstić information content (AvgIpc) is 2.43. The summed E-state index contributed by atoms with van der Waals surface area (Å²) < 4.78 is 1.31. The van der Waals surface area contributed by atoms with Crippen LogP contribution in [0.1, 0.15) is 18.7 Å². The van der Waals surface area contributed by atoms with Crippen molar-refractivity contribution >= 4 is 5.78 Å². The molecule has 0 unspecified atom stereocenters. The molecule has 2 aromatic rings. The van der Waals surface area contributed by atoms with Crippen LogP contribution in [-0.2, 0) is 0 Å². The van der Waals surface area contributed by atoms with Gasteiger partial charge in [0.25, 0.3) is 5.78 Å². The zero-order valence-electron chi connectivity index (χ0n) is 6.92. The summed E-state index contributed by atoms with van der Waals surface area (Å²) in [4.78, 5) is 7.50. The van der Waals surface area contributed by atoms with Crippen LogP contribution >= 0.6 is 0 Å². The Labute approximate surface area is 73.5 Å². The van der Waals surface area contributed by atoms with E-state index in [4.69, 9.17) is 5.11 Å². The molecule has 0 fully saturated rings. The van der Waals surface area contributed by atoms with Crippen LogP contribution < -0.4 is 0 Å². The maximum Gasteiger partial charge on any atom is 0.335 e. The minimum Gasteiger partial charge on any atom is -0.478 e. The normalized spacial score (nSPS) is 13.4. The fourth-order valence-electron chi connectivity index (χ4n) is 1.12. The first-order chi connectivity index (χ1) is 6.18. The SMILES string of the molecule is C[C@H](O)c1ccnc2nc(O)nn12. The van der Waals surface area contributed by atoms with E-state index in [9.17, 15) is 5.11 Å². The van der Waals surface area contributed by atoms with E-state index in [2.05, 4.69) is 15.1 Å². The van der Waals surface area contributed by atoms with Gasteiger partial charge in [0.05, 0.1) is 11.8 Å². The Bertz CT molecular complexity index is 437. The van der Waals surface area contributed by atoms with Gasteiger partial charge in [0.15, 0.2) is 0 Å². The van der Waals surface area contributed by atoms with Crippen LogP contribution in [-0.4, -0.2) is 29.8 Å². The predicted molar refractivity (Wildman–Crippen MR) is 43.1 cm³/mol. The lowest BCUT2D eigenvalue weighted by Gasteiger charge is -2.04. The molecule has 0 amide bonds. The van der Waals surface area contributed by atoms with Crippen LogP contribution in [0.5, 0.6) is 6.01 Å². The Kier molecular flexibility index (Phi) is 1.63. The maximum absolute atomic E-state index is 9.33. The summed E-state index contributed by atoms with van der Waals surface area (Å²) in [6.07, 6.45) is 0.831. The second-order valence-corrected chi connectivity index (χ2v) is 2.67. The summed E-state index contributed by atoms with van der Waals surface area (Å²) in [6, 6.07) is 1.27. The number of hydrogen-bond donors (Lipinski definition) is 2. The first-order valence-corrected chi connectivity index (χ1v) is 3.77. The minimum absolute atomic E-state index is 0.274. The molecule has 6 heteroatoms. The van der Waals surface area contributed by atoms with E-state index >= 15 is 0 Å². The van der Waals surface area contributed by atoms with Crippen LogP contribution in [0.15, 0.2) is 12.3 Å². The van der Waals surface area contributed by atoms with E-state index in [1.54, 1.807) is 13.0 Å². The summed E-state index contributed by atoms with van der Waals surface area (Å²) >= 11 is 0. The Morgan fingerprint density at radius 2 is 2.31 bits per heavy atom. The third-order valence-electron chi connectivity index (χ3n) is 1.69. The summed E-state index contributed by atoms with van der Waals surface area (Å²) in [5.74, 6) is 0.274. The van der Waals surface area contributed by atoms with E-state index in [0.717, 1.165) is 0 Å². The third kappa shape index (κ3) is 1.20. The highest BCUT2D eigenvalue weighted by Gasteiger charge is 2.10. The molecule has 0 saturated carbocycles. The lowest BCUT2D eigenvalue weighted by molar-refractivity contribution is 0.191. The summed E-state index contributed by atoms with van der Waals surface area (Å²) in [7, 11) is 0. The predicted octanol–water partition coefficient (Wildman–Crippen LogP) is -0.117. The standard InChI is InChI=1S/C7H8N4O2/c1-4(12)5-2-3-8-6-9-7(13)10-11(5)6/h2-4,12H,1H3,(H,10,13)/t4-/m0/s1. The second-order valence-electron chi connectivity index (χ2n) is 2.67. The number of aliphatic hydroxyl groups is 1. The summed E-state index contributed by atoms with van der Waals surface area (Å²) in [5.41, 5.74) is 0.540. The number of hydrogen-bond acceptors (Lipinski definition) is 5. The zero-order valence-corrected chi connectivity index (χ0v) is 6.92. The molecule has 2 rings (SSSR count). The van der Waals surface area contributed by atoms with Crippen molar-refractivity contribution in [2.45, 2.75) is 13.0 Å². The highest BCUT2D eigenvalue weighted by atomic mass is 16.3. The van der Waals surface area contributed by atoms with E-state index in [0.29, 0.717) is 5.69 Å². The van der Waals surface area contributed by atoms with Crippen LogP contribution in [0.25, 0.3) is 5.78 Å². The molecule has 1 atom stereocenters. The second kappa shape index (κ2) is 2.67. The van der Waals surface area contributed by atoms with Crippen LogP contribution in [0.3, 0.4) is 0 Å². The monoisotopic (exact) mass is 180 g/mol. The van der Waals surface area contributed by atoms with Crippen LogP contribution in [0, 0.1) is 0 Å². The molecular formula is C7H8N4O2. The van der Waals surface area contributed by atoms with E-state index in [-0.39, 0.29) is 11.8 Å². The number of aromatic nitrogens is 4. The quantitative estimate of drug-likeness (QED) is 0.639. The highest BCUT2D eigenvalue weighted by Crippen LogP contribution is 2.12. The van der Waals surface area contributed by atoms with Crippen LogP contribution in [0.4, 0.5) is 0 Å². The number of aromatic hydroxyl groups is 1. The molecular weight excluding hydrogens is 172 g/mol. The number of fused-ring (bicyclic) bond motifs is 1. The van der Waals surface area contributed by atoms with Crippen LogP contribution in [0.2, 0.25) is 0 Å². The fraction of sp³-hybridized carbons (Fsp3) is 0.286. The van der Waals surface area contributed by atoms with Crippen molar-refractivity contribution in [3.8, 4) is 6.01 Å². The zero-order chi connectivity index (χ0) is 9.42. The molecule has 0 bridgehead atoms. The molecule has 0 saturated heterocycles. The Balaban J connectivity index is 2.75. The highest BCUT2D eigenvalue weighted by molar-refractivity contribution is 5.30. The number of nitrogens with zero attached hydrogens (tertiary/aromatic N) is 4. The Hall–Kier alpha value is -1.69. The molecule has 0 aliphatic rings. The van der Waals surface area contributed by atoms with Gasteiger partial charge in [0.2, 0.25) is 0 Å². The van der Waals surface area contributed by atoms with Gasteiger partial charge in [-0.2, -0.15) is 9.50 Å². The van der Waals surface area contributed by atoms with E-state index in [1.807, 2.05) is 0 Å². The minimum atomic E-state index is -0.674. The van der Waals surface area contributed by atoms with Crippen molar-refractivity contribution in [3.63, 3.8) is 0 Å². The molecule has 0 radical (unpaired) electrons. The van der Waals surface area contributed by atoms with Gasteiger partial charge in [-0.1, -0.05) is 0 Å². The first-order valence-electron chi connectivity index (χ1n) is 3.77. The molecule has 2 heterocycles. The average molecular weight is 180 g/mol. The van der Waals surface area contributed by atoms with Crippen molar-refractivity contribution in [1.82, 2.24) is 19.6 Å². The molecule has 0 spiro atoms. The van der Waals surface area contributed by atoms with Gasteiger partial charge in [-0.05, 0) is 13.0 Å². The van der Waals surface area contributed by atoms with Gasteiger partial charge < -0.3 is 10.2 Å². The molecule has 2 aromatic heterocycles. The first kappa shape index (κ1) is 7.93. The maximum atomic E-state index is 9.33. The summed E-state index contributed by atoms with van der Waals surface area (Å²) in [6.45, 7) is 1.60. The number of aliphatic hydroxyl groups excluding tert-OH is 1. The van der Waals surface area contributed by atoms with E-state index < -0.39 is 6.10 Å². The lowest BCUT2D eigenvalue weighted by Crippen LogP contribution is -2.03. The molecule has 68 valence electrons. The largest absolute Gasteiger partial charge is 0.478 e. The van der Waals surface area contributed by atoms with Crippen molar-refractivity contribution < 1.29 is 10.2 Å². The molecule has 13 heavy (non-hydrogen) atoms. The fourth-order valence-corrected chi connectivity index (χ4v) is 1.12.